The Morgan fingerprint density at radius 1 is 1.60 bits per heavy atom. The van der Waals surface area contributed by atoms with E-state index in [9.17, 15) is 4.79 Å². The molecule has 3 nitrogen and oxygen atoms in total. The molecule has 0 amide bonds. The van der Waals surface area contributed by atoms with Gasteiger partial charge in [0.05, 0.1) is 6.61 Å². The molecule has 1 N–H and O–H groups in total. The van der Waals surface area contributed by atoms with Gasteiger partial charge in [-0.1, -0.05) is 25.1 Å². The molecule has 1 aromatic rings. The van der Waals surface area contributed by atoms with Crippen LogP contribution in [0.5, 0.6) is 5.75 Å². The third kappa shape index (κ3) is 1.96. The van der Waals surface area contributed by atoms with E-state index in [1.54, 1.807) is 0 Å². The molecule has 1 unspecified atom stereocenters. The van der Waals surface area contributed by atoms with Gasteiger partial charge in [-0.15, -0.1) is 0 Å². The van der Waals surface area contributed by atoms with Gasteiger partial charge >= 0.3 is 5.97 Å². The van der Waals surface area contributed by atoms with Crippen molar-refractivity contribution in [2.24, 2.45) is 0 Å². The van der Waals surface area contributed by atoms with Crippen molar-refractivity contribution in [2.45, 2.75) is 25.7 Å². The van der Waals surface area contributed by atoms with Crippen molar-refractivity contribution in [3.05, 3.63) is 29.3 Å². The molecule has 0 radical (unpaired) electrons. The average molecular weight is 206 g/mol. The van der Waals surface area contributed by atoms with E-state index >= 15 is 0 Å². The molecule has 3 heteroatoms. The Labute approximate surface area is 88.7 Å². The minimum absolute atomic E-state index is 0.161. The second-order valence-electron chi connectivity index (χ2n) is 3.94. The summed E-state index contributed by atoms with van der Waals surface area (Å²) in [6.45, 7) is 2.83. The average Bonchev–Trinajstić information content (AvgIpc) is 2.58. The van der Waals surface area contributed by atoms with Gasteiger partial charge < -0.3 is 9.84 Å². The van der Waals surface area contributed by atoms with Gasteiger partial charge in [0.25, 0.3) is 0 Å². The first-order valence-corrected chi connectivity index (χ1v) is 5.15. The van der Waals surface area contributed by atoms with Crippen LogP contribution >= 0.6 is 0 Å². The number of benzene rings is 1. The number of carboxylic acids is 1. The monoisotopic (exact) mass is 206 g/mol. The summed E-state index contributed by atoms with van der Waals surface area (Å²) in [5.74, 6) is 0.565. The maximum Gasteiger partial charge on any atom is 0.303 e. The maximum atomic E-state index is 10.5. The summed E-state index contributed by atoms with van der Waals surface area (Å²) in [4.78, 5) is 10.5. The number of rotatable bonds is 3. The van der Waals surface area contributed by atoms with Crippen LogP contribution in [-0.2, 0) is 11.2 Å². The number of aryl methyl sites for hydroxylation is 1. The van der Waals surface area contributed by atoms with E-state index in [4.69, 9.17) is 9.84 Å². The smallest absolute Gasteiger partial charge is 0.303 e. The lowest BCUT2D eigenvalue weighted by molar-refractivity contribution is -0.136. The fourth-order valence-electron chi connectivity index (χ4n) is 1.91. The molecular formula is C12H14O3. The fraction of sp³-hybridized carbons (Fsp3) is 0.417. The van der Waals surface area contributed by atoms with Crippen molar-refractivity contribution in [2.75, 3.05) is 6.61 Å². The largest absolute Gasteiger partial charge is 0.492 e. The van der Waals surface area contributed by atoms with Gasteiger partial charge in [-0.3, -0.25) is 4.79 Å². The van der Waals surface area contributed by atoms with Gasteiger partial charge in [-0.05, 0) is 12.0 Å². The van der Waals surface area contributed by atoms with E-state index in [2.05, 4.69) is 13.0 Å². The first kappa shape index (κ1) is 10.0. The molecule has 2 rings (SSSR count). The highest BCUT2D eigenvalue weighted by Gasteiger charge is 2.22. The number of para-hydroxylation sites is 1. The van der Waals surface area contributed by atoms with Gasteiger partial charge in [0, 0.05) is 17.9 Å². The van der Waals surface area contributed by atoms with Gasteiger partial charge in [0.15, 0.2) is 0 Å². The Balaban J connectivity index is 2.22. The zero-order valence-corrected chi connectivity index (χ0v) is 8.69. The number of carboxylic acid groups (broad SMARTS) is 1. The van der Waals surface area contributed by atoms with E-state index in [1.807, 2.05) is 12.1 Å². The van der Waals surface area contributed by atoms with Crippen LogP contribution in [-0.4, -0.2) is 17.7 Å². The van der Waals surface area contributed by atoms with E-state index in [1.165, 1.54) is 5.56 Å². The van der Waals surface area contributed by atoms with Crippen molar-refractivity contribution in [1.29, 1.82) is 0 Å². The summed E-state index contributed by atoms with van der Waals surface area (Å²) in [6.07, 6.45) is 0.708. The highest BCUT2D eigenvalue weighted by Crippen LogP contribution is 2.36. The lowest BCUT2D eigenvalue weighted by Gasteiger charge is -2.06. The van der Waals surface area contributed by atoms with Crippen molar-refractivity contribution < 1.29 is 14.6 Å². The van der Waals surface area contributed by atoms with Crippen LogP contribution in [0.2, 0.25) is 0 Å². The summed E-state index contributed by atoms with van der Waals surface area (Å²) >= 11 is 0. The normalized spacial score (nSPS) is 18.3. The van der Waals surface area contributed by atoms with Crippen LogP contribution in [0.3, 0.4) is 0 Å². The van der Waals surface area contributed by atoms with E-state index in [0.29, 0.717) is 18.9 Å². The second-order valence-corrected chi connectivity index (χ2v) is 3.94. The molecule has 1 aliphatic heterocycles. The molecule has 1 aliphatic rings. The molecule has 80 valence electrons. The summed E-state index contributed by atoms with van der Waals surface area (Å²) < 4.78 is 5.58. The molecule has 0 spiro atoms. The van der Waals surface area contributed by atoms with Gasteiger partial charge in [0.2, 0.25) is 0 Å². The van der Waals surface area contributed by atoms with E-state index in [0.717, 1.165) is 11.3 Å². The minimum atomic E-state index is -0.765. The predicted octanol–water partition coefficient (Wildman–Crippen LogP) is 2.20. The number of hydrogen-bond acceptors (Lipinski definition) is 2. The van der Waals surface area contributed by atoms with Crippen LogP contribution in [0.15, 0.2) is 18.2 Å². The summed E-state index contributed by atoms with van der Waals surface area (Å²) in [6, 6.07) is 5.97. The topological polar surface area (TPSA) is 46.5 Å². The van der Waals surface area contributed by atoms with Crippen LogP contribution in [0.4, 0.5) is 0 Å². The molecular weight excluding hydrogens is 192 g/mol. The number of fused-ring (bicyclic) bond motifs is 1. The zero-order chi connectivity index (χ0) is 10.8. The Morgan fingerprint density at radius 3 is 3.13 bits per heavy atom. The van der Waals surface area contributed by atoms with Crippen molar-refractivity contribution in [1.82, 2.24) is 0 Å². The van der Waals surface area contributed by atoms with Crippen LogP contribution < -0.4 is 4.74 Å². The SMILES string of the molecule is CC1COc2c(CCC(=O)O)cccc21. The molecule has 0 saturated heterocycles. The quantitative estimate of drug-likeness (QED) is 0.824. The summed E-state index contributed by atoms with van der Waals surface area (Å²) in [5.41, 5.74) is 2.22. The van der Waals surface area contributed by atoms with Gasteiger partial charge in [0.1, 0.15) is 5.75 Å². The van der Waals surface area contributed by atoms with E-state index < -0.39 is 5.97 Å². The molecule has 0 fully saturated rings. The Bertz CT molecular complexity index is 384. The second kappa shape index (κ2) is 3.93. The molecule has 0 aliphatic carbocycles. The fourth-order valence-corrected chi connectivity index (χ4v) is 1.91. The van der Waals surface area contributed by atoms with Crippen LogP contribution in [0, 0.1) is 0 Å². The summed E-state index contributed by atoms with van der Waals surface area (Å²) in [7, 11) is 0. The third-order valence-corrected chi connectivity index (χ3v) is 2.74. The van der Waals surface area contributed by atoms with Gasteiger partial charge in [-0.2, -0.15) is 0 Å². The third-order valence-electron chi connectivity index (χ3n) is 2.74. The van der Waals surface area contributed by atoms with E-state index in [-0.39, 0.29) is 6.42 Å². The maximum absolute atomic E-state index is 10.5. The molecule has 1 atom stereocenters. The lowest BCUT2D eigenvalue weighted by atomic mass is 9.99. The standard InChI is InChI=1S/C12H14O3/c1-8-7-15-12-9(5-6-11(13)14)3-2-4-10(8)12/h2-4,8H,5-7H2,1H3,(H,13,14). The number of hydrogen-bond donors (Lipinski definition) is 1. The number of aliphatic carboxylic acids is 1. The van der Waals surface area contributed by atoms with Crippen LogP contribution in [0.1, 0.15) is 30.4 Å². The first-order valence-electron chi connectivity index (χ1n) is 5.15. The van der Waals surface area contributed by atoms with Crippen molar-refractivity contribution in [3.63, 3.8) is 0 Å². The number of ether oxygens (including phenoxy) is 1. The predicted molar refractivity (Wildman–Crippen MR) is 56.3 cm³/mol. The first-order chi connectivity index (χ1) is 7.18. The van der Waals surface area contributed by atoms with Crippen molar-refractivity contribution >= 4 is 5.97 Å². The highest BCUT2D eigenvalue weighted by atomic mass is 16.5. The highest BCUT2D eigenvalue weighted by molar-refractivity contribution is 5.67. The zero-order valence-electron chi connectivity index (χ0n) is 8.69. The van der Waals surface area contributed by atoms with Gasteiger partial charge in [-0.25, -0.2) is 0 Å². The summed E-state index contributed by atoms with van der Waals surface area (Å²) in [5, 5.41) is 8.63. The molecule has 1 heterocycles. The minimum Gasteiger partial charge on any atom is -0.492 e. The molecule has 0 saturated carbocycles. The Hall–Kier alpha value is -1.51. The molecule has 15 heavy (non-hydrogen) atoms. The lowest BCUT2D eigenvalue weighted by Crippen LogP contribution is -1.99. The molecule has 0 bridgehead atoms. The number of carbonyl (C=O) groups is 1. The Morgan fingerprint density at radius 2 is 2.40 bits per heavy atom. The Kier molecular flexibility index (Phi) is 2.62. The van der Waals surface area contributed by atoms with Crippen LogP contribution in [0.25, 0.3) is 0 Å². The molecule has 0 aromatic heterocycles. The molecule has 1 aromatic carbocycles. The van der Waals surface area contributed by atoms with Crippen molar-refractivity contribution in [3.8, 4) is 5.75 Å².